The van der Waals surface area contributed by atoms with E-state index in [2.05, 4.69) is 5.32 Å². The Morgan fingerprint density at radius 2 is 2.11 bits per heavy atom. The number of benzene rings is 1. The van der Waals surface area contributed by atoms with E-state index in [-0.39, 0.29) is 18.5 Å². The Labute approximate surface area is 110 Å². The molecule has 2 rings (SSSR count). The highest BCUT2D eigenvalue weighted by Gasteiger charge is 2.33. The van der Waals surface area contributed by atoms with Crippen LogP contribution >= 0.6 is 0 Å². The van der Waals surface area contributed by atoms with Crippen LogP contribution in [0.1, 0.15) is 36.3 Å². The van der Waals surface area contributed by atoms with E-state index in [1.54, 1.807) is 6.07 Å². The van der Waals surface area contributed by atoms with Crippen molar-refractivity contribution in [2.24, 2.45) is 0 Å². The Bertz CT molecular complexity index is 476. The molecule has 1 aliphatic carbocycles. The van der Waals surface area contributed by atoms with Gasteiger partial charge in [-0.3, -0.25) is 0 Å². The van der Waals surface area contributed by atoms with Crippen LogP contribution in [0.4, 0.5) is 13.2 Å². The van der Waals surface area contributed by atoms with Crippen molar-refractivity contribution >= 4 is 0 Å². The van der Waals surface area contributed by atoms with Crippen LogP contribution in [0.25, 0.3) is 0 Å². The van der Waals surface area contributed by atoms with Gasteiger partial charge in [-0.15, -0.1) is 0 Å². The molecule has 1 aromatic rings. The molecule has 2 atom stereocenters. The van der Waals surface area contributed by atoms with Gasteiger partial charge in [0.1, 0.15) is 0 Å². The van der Waals surface area contributed by atoms with Crippen molar-refractivity contribution in [3.63, 3.8) is 0 Å². The highest BCUT2D eigenvalue weighted by Crippen LogP contribution is 2.37. The molecule has 0 bridgehead atoms. The van der Waals surface area contributed by atoms with Gasteiger partial charge in [0.05, 0.1) is 18.2 Å². The van der Waals surface area contributed by atoms with Gasteiger partial charge < -0.3 is 5.32 Å². The zero-order chi connectivity index (χ0) is 13.9. The minimum atomic E-state index is -4.30. The Kier molecular flexibility index (Phi) is 4.11. The molecule has 1 saturated carbocycles. The summed E-state index contributed by atoms with van der Waals surface area (Å²) in [6.45, 7) is 0.236. The highest BCUT2D eigenvalue weighted by molar-refractivity contribution is 5.30. The molecule has 1 aliphatic rings. The average Bonchev–Trinajstić information content (AvgIpc) is 2.83. The Balaban J connectivity index is 2.19. The molecular weight excluding hydrogens is 253 g/mol. The number of nitriles is 1. The second kappa shape index (κ2) is 5.62. The van der Waals surface area contributed by atoms with Crippen molar-refractivity contribution in [3.05, 3.63) is 35.4 Å². The Hall–Kier alpha value is -1.54. The standard InChI is InChI=1S/C14H15F3N2/c15-14(16,17)11-4-1-3-10(9-11)12-5-2-6-13(12)19-8-7-18/h1,3-4,9,12-13,19H,2,5-6,8H2. The quantitative estimate of drug-likeness (QED) is 0.852. The lowest BCUT2D eigenvalue weighted by Gasteiger charge is -2.21. The summed E-state index contributed by atoms with van der Waals surface area (Å²) in [6.07, 6.45) is -1.55. The lowest BCUT2D eigenvalue weighted by molar-refractivity contribution is -0.137. The summed E-state index contributed by atoms with van der Waals surface area (Å²) in [4.78, 5) is 0. The maximum Gasteiger partial charge on any atom is 0.416 e. The summed E-state index contributed by atoms with van der Waals surface area (Å²) in [6, 6.07) is 7.64. The second-order valence-corrected chi connectivity index (χ2v) is 4.81. The van der Waals surface area contributed by atoms with Crippen LogP contribution in [-0.4, -0.2) is 12.6 Å². The predicted octanol–water partition coefficient (Wildman–Crippen LogP) is 3.45. The zero-order valence-corrected chi connectivity index (χ0v) is 10.4. The number of hydrogen-bond acceptors (Lipinski definition) is 2. The molecular formula is C14H15F3N2. The SMILES string of the molecule is N#CCNC1CCCC1c1cccc(C(F)(F)F)c1. The molecule has 0 radical (unpaired) electrons. The summed E-state index contributed by atoms with van der Waals surface area (Å²) < 4.78 is 38.1. The molecule has 0 amide bonds. The maximum atomic E-state index is 12.7. The third kappa shape index (κ3) is 3.27. The molecule has 2 unspecified atom stereocenters. The monoisotopic (exact) mass is 268 g/mol. The van der Waals surface area contributed by atoms with Crippen molar-refractivity contribution in [1.82, 2.24) is 5.32 Å². The van der Waals surface area contributed by atoms with Crippen molar-refractivity contribution in [2.75, 3.05) is 6.54 Å². The molecule has 0 spiro atoms. The fraction of sp³-hybridized carbons (Fsp3) is 0.500. The fourth-order valence-electron chi connectivity index (χ4n) is 2.73. The molecule has 5 heteroatoms. The number of nitrogens with one attached hydrogen (secondary N) is 1. The molecule has 1 N–H and O–H groups in total. The number of alkyl halides is 3. The second-order valence-electron chi connectivity index (χ2n) is 4.81. The number of halogens is 3. The Morgan fingerprint density at radius 3 is 2.79 bits per heavy atom. The fourth-order valence-corrected chi connectivity index (χ4v) is 2.73. The van der Waals surface area contributed by atoms with Crippen LogP contribution in [0.3, 0.4) is 0 Å². The highest BCUT2D eigenvalue weighted by atomic mass is 19.4. The van der Waals surface area contributed by atoms with Gasteiger partial charge in [-0.25, -0.2) is 0 Å². The van der Waals surface area contributed by atoms with Crippen molar-refractivity contribution in [3.8, 4) is 6.07 Å². The van der Waals surface area contributed by atoms with Crippen LogP contribution in [0.15, 0.2) is 24.3 Å². The molecule has 19 heavy (non-hydrogen) atoms. The van der Waals surface area contributed by atoms with Gasteiger partial charge in [0, 0.05) is 6.04 Å². The maximum absolute atomic E-state index is 12.7. The number of rotatable bonds is 3. The van der Waals surface area contributed by atoms with E-state index < -0.39 is 11.7 Å². The molecule has 0 saturated heterocycles. The van der Waals surface area contributed by atoms with E-state index in [1.807, 2.05) is 6.07 Å². The number of hydrogen-bond donors (Lipinski definition) is 1. The van der Waals surface area contributed by atoms with Crippen LogP contribution in [0.5, 0.6) is 0 Å². The van der Waals surface area contributed by atoms with E-state index in [0.29, 0.717) is 5.56 Å². The summed E-state index contributed by atoms with van der Waals surface area (Å²) in [5.74, 6) is 0.0654. The van der Waals surface area contributed by atoms with E-state index >= 15 is 0 Å². The van der Waals surface area contributed by atoms with Crippen LogP contribution in [0.2, 0.25) is 0 Å². The number of nitrogens with zero attached hydrogens (tertiary/aromatic N) is 1. The van der Waals surface area contributed by atoms with E-state index in [0.717, 1.165) is 25.3 Å². The van der Waals surface area contributed by atoms with Crippen LogP contribution in [0, 0.1) is 11.3 Å². The van der Waals surface area contributed by atoms with Crippen molar-refractivity contribution in [1.29, 1.82) is 5.26 Å². The average molecular weight is 268 g/mol. The lowest BCUT2D eigenvalue weighted by atomic mass is 9.92. The van der Waals surface area contributed by atoms with Crippen LogP contribution in [-0.2, 0) is 6.18 Å². The predicted molar refractivity (Wildman–Crippen MR) is 65.4 cm³/mol. The molecule has 0 aromatic heterocycles. The summed E-state index contributed by atoms with van der Waals surface area (Å²) in [5.41, 5.74) is 0.110. The van der Waals surface area contributed by atoms with Gasteiger partial charge in [0.2, 0.25) is 0 Å². The summed E-state index contributed by atoms with van der Waals surface area (Å²) >= 11 is 0. The molecule has 102 valence electrons. The third-order valence-electron chi connectivity index (χ3n) is 3.60. The molecule has 1 aromatic carbocycles. The van der Waals surface area contributed by atoms with Crippen LogP contribution < -0.4 is 5.32 Å². The third-order valence-corrected chi connectivity index (χ3v) is 3.60. The normalized spacial score (nSPS) is 23.3. The first-order valence-electron chi connectivity index (χ1n) is 6.30. The van der Waals surface area contributed by atoms with Gasteiger partial charge in [-0.1, -0.05) is 24.6 Å². The topological polar surface area (TPSA) is 35.8 Å². The first-order chi connectivity index (χ1) is 9.02. The van der Waals surface area contributed by atoms with E-state index in [1.165, 1.54) is 12.1 Å². The van der Waals surface area contributed by atoms with Gasteiger partial charge in [-0.05, 0) is 30.4 Å². The van der Waals surface area contributed by atoms with E-state index in [4.69, 9.17) is 5.26 Å². The zero-order valence-electron chi connectivity index (χ0n) is 10.4. The van der Waals surface area contributed by atoms with Gasteiger partial charge in [0.25, 0.3) is 0 Å². The Morgan fingerprint density at radius 1 is 1.32 bits per heavy atom. The largest absolute Gasteiger partial charge is 0.416 e. The minimum absolute atomic E-state index is 0.0654. The first kappa shape index (κ1) is 13.9. The summed E-state index contributed by atoms with van der Waals surface area (Å²) in [7, 11) is 0. The summed E-state index contributed by atoms with van der Waals surface area (Å²) in [5, 5.41) is 11.7. The van der Waals surface area contributed by atoms with Gasteiger partial charge >= 0.3 is 6.18 Å². The minimum Gasteiger partial charge on any atom is -0.301 e. The van der Waals surface area contributed by atoms with Gasteiger partial charge in [-0.2, -0.15) is 18.4 Å². The van der Waals surface area contributed by atoms with Crippen molar-refractivity contribution in [2.45, 2.75) is 37.4 Å². The first-order valence-corrected chi connectivity index (χ1v) is 6.30. The molecule has 0 heterocycles. The smallest absolute Gasteiger partial charge is 0.301 e. The molecule has 2 nitrogen and oxygen atoms in total. The molecule has 0 aliphatic heterocycles. The molecule has 1 fully saturated rings. The van der Waals surface area contributed by atoms with E-state index in [9.17, 15) is 13.2 Å². The van der Waals surface area contributed by atoms with Gasteiger partial charge in [0.15, 0.2) is 0 Å². The van der Waals surface area contributed by atoms with Crippen molar-refractivity contribution < 1.29 is 13.2 Å². The lowest BCUT2D eigenvalue weighted by Crippen LogP contribution is -2.31.